The van der Waals surface area contributed by atoms with Crippen LogP contribution in [0, 0.1) is 35.3 Å². The van der Waals surface area contributed by atoms with Gasteiger partial charge < -0.3 is 9.52 Å². The van der Waals surface area contributed by atoms with Gasteiger partial charge in [0.05, 0.1) is 15.7 Å². The molecule has 3 aromatic rings. The van der Waals surface area contributed by atoms with E-state index in [0.717, 1.165) is 15.7 Å². The first-order chi connectivity index (χ1) is 14.7. The summed E-state index contributed by atoms with van der Waals surface area (Å²) < 4.78 is 6.78. The van der Waals surface area contributed by atoms with Crippen LogP contribution in [-0.4, -0.2) is 14.6 Å². The fraction of sp³-hybridized carbons (Fsp3) is 0.130. The molecule has 0 radical (unpaired) electrons. The maximum Gasteiger partial charge on any atom is 0.280 e. The molecule has 31 heavy (non-hydrogen) atoms. The van der Waals surface area contributed by atoms with Crippen molar-refractivity contribution in [3.05, 3.63) is 90.3 Å². The summed E-state index contributed by atoms with van der Waals surface area (Å²) in [5, 5.41) is 31.2. The molecule has 1 N–H and O–H groups in total. The molecule has 0 saturated heterocycles. The van der Waals surface area contributed by atoms with Crippen LogP contribution < -0.4 is 16.0 Å². The lowest BCUT2D eigenvalue weighted by Gasteiger charge is -2.07. The number of rotatable bonds is 5. The molecule has 0 saturated carbocycles. The molecule has 0 aliphatic heterocycles. The van der Waals surface area contributed by atoms with E-state index in [-0.39, 0.29) is 39.8 Å². The zero-order valence-electron chi connectivity index (χ0n) is 17.0. The zero-order valence-corrected chi connectivity index (χ0v) is 17.0. The minimum atomic E-state index is -0.573. The van der Waals surface area contributed by atoms with Crippen LogP contribution in [0.2, 0.25) is 0 Å². The molecule has 8 heteroatoms. The van der Waals surface area contributed by atoms with E-state index in [4.69, 9.17) is 4.42 Å². The highest BCUT2D eigenvalue weighted by Crippen LogP contribution is 2.33. The molecule has 0 bridgehead atoms. The lowest BCUT2D eigenvalue weighted by Crippen LogP contribution is -2.45. The van der Waals surface area contributed by atoms with Gasteiger partial charge in [-0.25, -0.2) is 0 Å². The van der Waals surface area contributed by atoms with Gasteiger partial charge in [-0.1, -0.05) is 12.7 Å². The Kier molecular flexibility index (Phi) is 5.62. The molecule has 0 atom stereocenters. The Hall–Kier alpha value is -4.38. The Balaban J connectivity index is 2.24. The number of aryl methyl sites for hydroxylation is 2. The van der Waals surface area contributed by atoms with E-state index in [2.05, 4.69) is 13.2 Å². The van der Waals surface area contributed by atoms with Gasteiger partial charge in [0.2, 0.25) is 5.88 Å². The van der Waals surface area contributed by atoms with Crippen molar-refractivity contribution in [2.75, 3.05) is 0 Å². The predicted octanol–water partition coefficient (Wildman–Crippen LogP) is 2.64. The number of nitro groups is 1. The average molecular weight is 417 g/mol. The highest BCUT2D eigenvalue weighted by molar-refractivity contribution is 5.72. The molecule has 1 aromatic carbocycles. The zero-order chi connectivity index (χ0) is 22.9. The van der Waals surface area contributed by atoms with Gasteiger partial charge >= 0.3 is 0 Å². The fourth-order valence-corrected chi connectivity index (χ4v) is 3.21. The molecular formula is C23H19N3O5. The van der Waals surface area contributed by atoms with E-state index in [0.29, 0.717) is 5.56 Å². The number of aromatic hydroxyl groups is 1. The number of benzene rings is 1. The quantitative estimate of drug-likeness (QED) is 0.387. The van der Waals surface area contributed by atoms with Gasteiger partial charge in [-0.3, -0.25) is 19.5 Å². The number of pyridine rings is 1. The highest BCUT2D eigenvalue weighted by Gasteiger charge is 2.20. The maximum absolute atomic E-state index is 12.8. The lowest BCUT2D eigenvalue weighted by atomic mass is 10.0. The van der Waals surface area contributed by atoms with Crippen molar-refractivity contribution < 1.29 is 14.4 Å². The molecule has 0 unspecified atom stereocenters. The summed E-state index contributed by atoms with van der Waals surface area (Å²) in [6.07, 6.45) is 2.81. The summed E-state index contributed by atoms with van der Waals surface area (Å²) >= 11 is 0. The first-order valence-electron chi connectivity index (χ1n) is 9.22. The number of nitriles is 1. The Bertz CT molecular complexity index is 1440. The first-order valence-corrected chi connectivity index (χ1v) is 9.22. The third kappa shape index (κ3) is 3.76. The molecule has 8 nitrogen and oxygen atoms in total. The molecule has 0 aliphatic carbocycles. The van der Waals surface area contributed by atoms with Crippen LogP contribution in [0.1, 0.15) is 22.5 Å². The number of hydrogen-bond acceptors (Lipinski definition) is 6. The molecule has 0 spiro atoms. The van der Waals surface area contributed by atoms with Gasteiger partial charge in [-0.05, 0) is 49.2 Å². The number of nitro benzene ring substituents is 1. The van der Waals surface area contributed by atoms with Crippen molar-refractivity contribution in [1.82, 2.24) is 4.57 Å². The van der Waals surface area contributed by atoms with Crippen LogP contribution in [0.15, 0.2) is 46.1 Å². The van der Waals surface area contributed by atoms with E-state index < -0.39 is 16.4 Å². The van der Waals surface area contributed by atoms with E-state index >= 15 is 0 Å². The fourth-order valence-electron chi connectivity index (χ4n) is 3.21. The summed E-state index contributed by atoms with van der Waals surface area (Å²) in [5.41, 5.74) is 1.17. The van der Waals surface area contributed by atoms with Crippen LogP contribution in [0.3, 0.4) is 0 Å². The lowest BCUT2D eigenvalue weighted by molar-refractivity contribution is -0.384. The van der Waals surface area contributed by atoms with Crippen LogP contribution >= 0.6 is 0 Å². The average Bonchev–Trinajstić information content (AvgIpc) is 3.19. The number of hydrogen-bond donors (Lipinski definition) is 1. The first kappa shape index (κ1) is 21.3. The Labute approximate surface area is 177 Å². The third-order valence-corrected chi connectivity index (χ3v) is 4.99. The number of aromatic nitrogens is 1. The van der Waals surface area contributed by atoms with Crippen molar-refractivity contribution in [3.63, 3.8) is 0 Å². The van der Waals surface area contributed by atoms with E-state index in [1.54, 1.807) is 25.1 Å². The van der Waals surface area contributed by atoms with Gasteiger partial charge in [-0.2, -0.15) is 5.26 Å². The van der Waals surface area contributed by atoms with E-state index in [9.17, 15) is 25.3 Å². The number of nitrogens with zero attached hydrogens (tertiary/aromatic N) is 3. The Morgan fingerprint density at radius 3 is 2.61 bits per heavy atom. The van der Waals surface area contributed by atoms with Crippen molar-refractivity contribution in [2.45, 2.75) is 20.4 Å². The molecule has 0 aliphatic rings. The van der Waals surface area contributed by atoms with Gasteiger partial charge in [0.15, 0.2) is 0 Å². The molecule has 0 fully saturated rings. The minimum Gasteiger partial charge on any atom is -0.493 e. The third-order valence-electron chi connectivity index (χ3n) is 4.99. The summed E-state index contributed by atoms with van der Waals surface area (Å²) in [5.74, 6) is 0.0158. The highest BCUT2D eigenvalue weighted by atomic mass is 16.6. The second kappa shape index (κ2) is 8.16. The summed E-state index contributed by atoms with van der Waals surface area (Å²) in [4.78, 5) is 23.8. The second-order valence-electron chi connectivity index (χ2n) is 6.96. The molecule has 156 valence electrons. The topological polar surface area (TPSA) is 122 Å². The Morgan fingerprint density at radius 2 is 2.00 bits per heavy atom. The van der Waals surface area contributed by atoms with Gasteiger partial charge in [-0.15, -0.1) is 6.58 Å². The molecule has 3 rings (SSSR count). The van der Waals surface area contributed by atoms with Crippen LogP contribution in [-0.2, 0) is 6.54 Å². The predicted molar refractivity (Wildman–Crippen MR) is 116 cm³/mol. The summed E-state index contributed by atoms with van der Waals surface area (Å²) in [7, 11) is 0. The smallest absolute Gasteiger partial charge is 0.280 e. The maximum atomic E-state index is 12.8. The second-order valence-corrected chi connectivity index (χ2v) is 6.96. The molecular weight excluding hydrogens is 398 g/mol. The van der Waals surface area contributed by atoms with Crippen LogP contribution in [0.4, 0.5) is 5.69 Å². The summed E-state index contributed by atoms with van der Waals surface area (Å²) in [6, 6.07) is 8.13. The van der Waals surface area contributed by atoms with E-state index in [1.165, 1.54) is 18.2 Å². The van der Waals surface area contributed by atoms with Crippen molar-refractivity contribution >= 4 is 18.3 Å². The largest absolute Gasteiger partial charge is 0.493 e. The molecule has 2 aromatic heterocycles. The number of allylic oxidation sites excluding steroid dienone is 1. The molecule has 2 heterocycles. The van der Waals surface area contributed by atoms with Crippen LogP contribution in [0.5, 0.6) is 5.88 Å². The Morgan fingerprint density at radius 1 is 1.32 bits per heavy atom. The van der Waals surface area contributed by atoms with Gasteiger partial charge in [0, 0.05) is 17.8 Å². The van der Waals surface area contributed by atoms with E-state index in [1.807, 2.05) is 13.0 Å². The van der Waals surface area contributed by atoms with Gasteiger partial charge in [0.1, 0.15) is 23.2 Å². The number of furan rings is 1. The minimum absolute atomic E-state index is 0.00128. The van der Waals surface area contributed by atoms with Crippen molar-refractivity contribution in [2.24, 2.45) is 0 Å². The normalized spacial score (nSPS) is 11.3. The van der Waals surface area contributed by atoms with Crippen LogP contribution in [0.25, 0.3) is 24.0 Å². The van der Waals surface area contributed by atoms with Gasteiger partial charge in [0.25, 0.3) is 11.2 Å². The molecule has 0 amide bonds. The standard InChI is InChI=1S/C23H19N3O5/c1-5-8-25-22(27)17(15(4)19(12-24)23(25)28)11-16-6-7-21(31-16)18-9-13(2)14(3)10-20(18)26(29)30/h5-7,9-11,28H,1,4,8H2,2-3H3. The SMILES string of the molecule is C=CCn1c(O)c(C#N)c(=C)c(=Cc2ccc(-c3cc(C)c(C)cc3[N+](=O)[O-])o2)c1=O. The summed E-state index contributed by atoms with van der Waals surface area (Å²) in [6.45, 7) is 10.9. The monoisotopic (exact) mass is 417 g/mol. The van der Waals surface area contributed by atoms with Crippen molar-refractivity contribution in [3.8, 4) is 23.3 Å². The van der Waals surface area contributed by atoms with Crippen molar-refractivity contribution in [1.29, 1.82) is 5.26 Å².